The van der Waals surface area contributed by atoms with E-state index in [4.69, 9.17) is 4.74 Å². The molecule has 0 heterocycles. The van der Waals surface area contributed by atoms with E-state index in [1.807, 2.05) is 43.3 Å². The summed E-state index contributed by atoms with van der Waals surface area (Å²) < 4.78 is 32.1. The Morgan fingerprint density at radius 2 is 1.65 bits per heavy atom. The van der Waals surface area contributed by atoms with Crippen LogP contribution < -0.4 is 14.9 Å². The largest absolute Gasteiger partial charge is 0.489 e. The van der Waals surface area contributed by atoms with Crippen LogP contribution in [0.3, 0.4) is 0 Å². The molecule has 0 aliphatic rings. The Kier molecular flexibility index (Phi) is 7.53. The number of amides is 1. The maximum absolute atomic E-state index is 12.1. The summed E-state index contributed by atoms with van der Waals surface area (Å²) in [7, 11) is -3.74. The molecule has 31 heavy (non-hydrogen) atoms. The first kappa shape index (κ1) is 22.2. The quantitative estimate of drug-likeness (QED) is 0.397. The highest BCUT2D eigenvalue weighted by atomic mass is 32.2. The van der Waals surface area contributed by atoms with Crippen molar-refractivity contribution in [2.24, 2.45) is 5.10 Å². The van der Waals surface area contributed by atoms with E-state index in [9.17, 15) is 13.2 Å². The summed E-state index contributed by atoms with van der Waals surface area (Å²) in [6, 6.07) is 23.2. The van der Waals surface area contributed by atoms with Crippen LogP contribution in [-0.4, -0.2) is 27.1 Å². The minimum absolute atomic E-state index is 0.0935. The van der Waals surface area contributed by atoms with Crippen LogP contribution in [0.2, 0.25) is 0 Å². The van der Waals surface area contributed by atoms with Gasteiger partial charge in [0.25, 0.3) is 5.91 Å². The van der Waals surface area contributed by atoms with Crippen LogP contribution >= 0.6 is 0 Å². The van der Waals surface area contributed by atoms with E-state index in [0.717, 1.165) is 16.9 Å². The van der Waals surface area contributed by atoms with Gasteiger partial charge in [-0.2, -0.15) is 5.10 Å². The minimum Gasteiger partial charge on any atom is -0.489 e. The molecule has 3 aromatic carbocycles. The molecule has 0 aliphatic carbocycles. The van der Waals surface area contributed by atoms with Crippen molar-refractivity contribution in [3.63, 3.8) is 0 Å². The second-order valence-corrected chi connectivity index (χ2v) is 8.54. The zero-order valence-corrected chi connectivity index (χ0v) is 17.8. The second-order valence-electron chi connectivity index (χ2n) is 6.77. The number of hydrogen-bond acceptors (Lipinski definition) is 5. The number of rotatable bonds is 9. The molecule has 160 valence electrons. The van der Waals surface area contributed by atoms with Gasteiger partial charge in [0.15, 0.2) is 0 Å². The Morgan fingerprint density at radius 1 is 0.968 bits per heavy atom. The van der Waals surface area contributed by atoms with E-state index in [2.05, 4.69) is 15.2 Å². The van der Waals surface area contributed by atoms with Gasteiger partial charge in [-0.15, -0.1) is 0 Å². The van der Waals surface area contributed by atoms with E-state index >= 15 is 0 Å². The highest BCUT2D eigenvalue weighted by Crippen LogP contribution is 2.14. The van der Waals surface area contributed by atoms with E-state index in [1.165, 1.54) is 23.9 Å². The molecule has 3 rings (SSSR count). The fourth-order valence-corrected chi connectivity index (χ4v) is 3.57. The molecular weight excluding hydrogens is 414 g/mol. The van der Waals surface area contributed by atoms with Gasteiger partial charge in [-0.3, -0.25) is 4.79 Å². The number of nitrogens with one attached hydrogen (secondary N) is 2. The number of carbonyl (C=O) groups excluding carboxylic acids is 1. The molecule has 0 aromatic heterocycles. The van der Waals surface area contributed by atoms with Gasteiger partial charge in [0.1, 0.15) is 12.4 Å². The molecule has 0 aliphatic heterocycles. The number of sulfonamides is 1. The summed E-state index contributed by atoms with van der Waals surface area (Å²) in [6.07, 6.45) is 1.47. The summed E-state index contributed by atoms with van der Waals surface area (Å²) in [5.74, 6) is 0.144. The lowest BCUT2D eigenvalue weighted by Crippen LogP contribution is -2.34. The van der Waals surface area contributed by atoms with Crippen LogP contribution in [-0.2, 0) is 21.4 Å². The third kappa shape index (κ3) is 7.06. The van der Waals surface area contributed by atoms with Crippen molar-refractivity contribution < 1.29 is 17.9 Å². The maximum Gasteiger partial charge on any atom is 0.255 e. The van der Waals surface area contributed by atoms with Crippen molar-refractivity contribution >= 4 is 22.1 Å². The van der Waals surface area contributed by atoms with E-state index in [0.29, 0.717) is 6.61 Å². The number of carbonyl (C=O) groups is 1. The van der Waals surface area contributed by atoms with Crippen LogP contribution in [0.1, 0.15) is 16.7 Å². The fourth-order valence-electron chi connectivity index (χ4n) is 2.56. The van der Waals surface area contributed by atoms with E-state index in [1.54, 1.807) is 30.3 Å². The SMILES string of the molecule is Cc1ccc(COc2ccc(/C=N\NC(=O)CNS(=O)(=O)c3ccccc3)cc2)cc1. The van der Waals surface area contributed by atoms with E-state index < -0.39 is 22.5 Å². The van der Waals surface area contributed by atoms with Crippen LogP contribution in [0, 0.1) is 6.92 Å². The first-order valence-electron chi connectivity index (χ1n) is 9.57. The predicted octanol–water partition coefficient (Wildman–Crippen LogP) is 3.00. The minimum atomic E-state index is -3.74. The summed E-state index contributed by atoms with van der Waals surface area (Å²) in [6.45, 7) is 2.10. The van der Waals surface area contributed by atoms with Gasteiger partial charge in [-0.05, 0) is 54.4 Å². The molecular formula is C23H23N3O4S. The van der Waals surface area contributed by atoms with Gasteiger partial charge < -0.3 is 4.74 Å². The molecule has 8 heteroatoms. The van der Waals surface area contributed by atoms with Crippen LogP contribution in [0.4, 0.5) is 0 Å². The first-order valence-corrected chi connectivity index (χ1v) is 11.1. The molecule has 0 atom stereocenters. The number of hydrogen-bond donors (Lipinski definition) is 2. The Labute approximate surface area is 181 Å². The van der Waals surface area contributed by atoms with Crippen molar-refractivity contribution in [2.75, 3.05) is 6.54 Å². The van der Waals surface area contributed by atoms with Gasteiger partial charge in [0, 0.05) is 0 Å². The van der Waals surface area contributed by atoms with Crippen molar-refractivity contribution in [1.82, 2.24) is 10.1 Å². The zero-order chi connectivity index (χ0) is 22.1. The summed E-state index contributed by atoms with van der Waals surface area (Å²) in [5.41, 5.74) is 5.34. The zero-order valence-electron chi connectivity index (χ0n) is 17.0. The van der Waals surface area contributed by atoms with Crippen molar-refractivity contribution in [1.29, 1.82) is 0 Å². The van der Waals surface area contributed by atoms with Crippen molar-refractivity contribution in [3.05, 3.63) is 95.6 Å². The van der Waals surface area contributed by atoms with E-state index in [-0.39, 0.29) is 4.90 Å². The van der Waals surface area contributed by atoms with Crippen LogP contribution in [0.25, 0.3) is 0 Å². The molecule has 0 bridgehead atoms. The lowest BCUT2D eigenvalue weighted by molar-refractivity contribution is -0.119. The normalized spacial score (nSPS) is 11.4. The summed E-state index contributed by atoms with van der Waals surface area (Å²) >= 11 is 0. The highest BCUT2D eigenvalue weighted by Gasteiger charge is 2.14. The Balaban J connectivity index is 1.44. The number of aryl methyl sites for hydroxylation is 1. The molecule has 7 nitrogen and oxygen atoms in total. The Morgan fingerprint density at radius 3 is 2.32 bits per heavy atom. The summed E-state index contributed by atoms with van der Waals surface area (Å²) in [4.78, 5) is 11.9. The monoisotopic (exact) mass is 437 g/mol. The molecule has 2 N–H and O–H groups in total. The molecule has 0 radical (unpaired) electrons. The summed E-state index contributed by atoms with van der Waals surface area (Å²) in [5, 5.41) is 3.85. The first-order chi connectivity index (χ1) is 14.9. The Bertz CT molecular complexity index is 1130. The van der Waals surface area contributed by atoms with Crippen molar-refractivity contribution in [3.8, 4) is 5.75 Å². The molecule has 3 aromatic rings. The van der Waals surface area contributed by atoms with Crippen molar-refractivity contribution in [2.45, 2.75) is 18.4 Å². The van der Waals surface area contributed by atoms with Gasteiger partial charge in [0.2, 0.25) is 10.0 Å². The number of ether oxygens (including phenoxy) is 1. The number of nitrogens with zero attached hydrogens (tertiary/aromatic N) is 1. The third-order valence-corrected chi connectivity index (χ3v) is 5.70. The lowest BCUT2D eigenvalue weighted by atomic mass is 10.2. The highest BCUT2D eigenvalue weighted by molar-refractivity contribution is 7.89. The molecule has 0 spiro atoms. The third-order valence-electron chi connectivity index (χ3n) is 4.29. The molecule has 0 saturated carbocycles. The van der Waals surface area contributed by atoms with Gasteiger partial charge in [0.05, 0.1) is 17.7 Å². The van der Waals surface area contributed by atoms with Crippen LogP contribution in [0.5, 0.6) is 5.75 Å². The molecule has 0 saturated heterocycles. The number of hydrazone groups is 1. The predicted molar refractivity (Wildman–Crippen MR) is 119 cm³/mol. The smallest absolute Gasteiger partial charge is 0.255 e. The van der Waals surface area contributed by atoms with Crippen LogP contribution in [0.15, 0.2) is 88.9 Å². The standard InChI is InChI=1S/C23H23N3O4S/c1-18-7-9-20(10-8-18)17-30-21-13-11-19(12-14-21)15-24-26-23(27)16-25-31(28,29)22-5-3-2-4-6-22/h2-15,25H,16-17H2,1H3,(H,26,27)/b24-15-. The molecule has 1 amide bonds. The molecule has 0 fully saturated rings. The average molecular weight is 438 g/mol. The van der Waals surface area contributed by atoms with Gasteiger partial charge >= 0.3 is 0 Å². The van der Waals surface area contributed by atoms with Gasteiger partial charge in [-0.1, -0.05) is 48.0 Å². The Hall–Kier alpha value is -3.49. The topological polar surface area (TPSA) is 96.9 Å². The maximum atomic E-state index is 12.1. The molecule has 0 unspecified atom stereocenters. The van der Waals surface area contributed by atoms with Gasteiger partial charge in [-0.25, -0.2) is 18.6 Å². The second kappa shape index (κ2) is 10.5. The number of benzene rings is 3. The average Bonchev–Trinajstić information content (AvgIpc) is 2.79. The lowest BCUT2D eigenvalue weighted by Gasteiger charge is -2.07. The fraction of sp³-hybridized carbons (Fsp3) is 0.130.